The number of carbonyl (C=O) groups is 1. The van der Waals surface area contributed by atoms with Crippen LogP contribution in [0.1, 0.15) is 36.2 Å². The van der Waals surface area contributed by atoms with Crippen molar-refractivity contribution >= 4 is 17.3 Å². The minimum Gasteiger partial charge on any atom is -0.490 e. The number of anilines is 2. The lowest BCUT2D eigenvalue weighted by Gasteiger charge is -2.31. The predicted octanol–water partition coefficient (Wildman–Crippen LogP) is 4.98. The maximum Gasteiger partial charge on any atom is 0.416 e. The molecule has 1 N–H and O–H groups in total. The molecule has 0 radical (unpaired) electrons. The minimum absolute atomic E-state index is 0.0935. The highest BCUT2D eigenvalue weighted by Crippen LogP contribution is 2.36. The Balaban J connectivity index is 1.90. The molecule has 9 heteroatoms. The van der Waals surface area contributed by atoms with Gasteiger partial charge in [0.25, 0.3) is 5.91 Å². The molecule has 3 rings (SSSR count). The molecule has 0 bridgehead atoms. The first-order valence-electron chi connectivity index (χ1n) is 10.6. The van der Waals surface area contributed by atoms with Gasteiger partial charge in [0.2, 0.25) is 0 Å². The number of benzene rings is 2. The zero-order valence-electron chi connectivity index (χ0n) is 18.1. The quantitative estimate of drug-likeness (QED) is 0.612. The highest BCUT2D eigenvalue weighted by molar-refractivity contribution is 6.06. The van der Waals surface area contributed by atoms with Crippen LogP contribution < -0.4 is 19.7 Å². The van der Waals surface area contributed by atoms with E-state index in [2.05, 4.69) is 5.32 Å². The molecular weight excluding hydrogens is 425 g/mol. The van der Waals surface area contributed by atoms with E-state index in [0.717, 1.165) is 18.6 Å². The fourth-order valence-electron chi connectivity index (χ4n) is 3.34. The summed E-state index contributed by atoms with van der Waals surface area (Å²) >= 11 is 0. The zero-order chi connectivity index (χ0) is 23.1. The van der Waals surface area contributed by atoms with Crippen molar-refractivity contribution in [2.24, 2.45) is 0 Å². The number of nitrogens with zero attached hydrogens (tertiary/aromatic N) is 1. The lowest BCUT2D eigenvalue weighted by Crippen LogP contribution is -2.36. The number of halogens is 3. The van der Waals surface area contributed by atoms with Gasteiger partial charge in [0.15, 0.2) is 11.5 Å². The van der Waals surface area contributed by atoms with Crippen LogP contribution in [0, 0.1) is 0 Å². The maximum atomic E-state index is 13.3. The third kappa shape index (κ3) is 5.85. The Morgan fingerprint density at radius 2 is 1.81 bits per heavy atom. The Morgan fingerprint density at radius 1 is 1.06 bits per heavy atom. The normalized spacial score (nSPS) is 14.2. The Kier molecular flexibility index (Phi) is 7.84. The lowest BCUT2D eigenvalue weighted by molar-refractivity contribution is -0.137. The average Bonchev–Trinajstić information content (AvgIpc) is 2.78. The van der Waals surface area contributed by atoms with Crippen molar-refractivity contribution in [2.45, 2.75) is 26.4 Å². The Labute approximate surface area is 185 Å². The number of nitrogens with one attached hydrogen (secondary N) is 1. The number of alkyl halides is 3. The number of amides is 1. The summed E-state index contributed by atoms with van der Waals surface area (Å²) in [6, 6.07) is 8.09. The largest absolute Gasteiger partial charge is 0.490 e. The van der Waals surface area contributed by atoms with E-state index in [1.165, 1.54) is 12.1 Å². The molecule has 2 aromatic rings. The van der Waals surface area contributed by atoms with E-state index in [4.69, 9.17) is 14.2 Å². The third-order valence-corrected chi connectivity index (χ3v) is 4.89. The first-order chi connectivity index (χ1) is 15.3. The molecule has 32 heavy (non-hydrogen) atoms. The number of carbonyl (C=O) groups excluding carboxylic acids is 1. The monoisotopic (exact) mass is 452 g/mol. The second-order valence-corrected chi connectivity index (χ2v) is 7.23. The van der Waals surface area contributed by atoms with Crippen LogP contribution in [0.2, 0.25) is 0 Å². The fourth-order valence-corrected chi connectivity index (χ4v) is 3.34. The van der Waals surface area contributed by atoms with Crippen LogP contribution in [0.5, 0.6) is 11.5 Å². The van der Waals surface area contributed by atoms with Crippen molar-refractivity contribution in [3.05, 3.63) is 47.5 Å². The van der Waals surface area contributed by atoms with Crippen LogP contribution in [0.4, 0.5) is 24.5 Å². The summed E-state index contributed by atoms with van der Waals surface area (Å²) in [5, 5.41) is 2.65. The van der Waals surface area contributed by atoms with E-state index in [9.17, 15) is 18.0 Å². The number of hydrogen-bond donors (Lipinski definition) is 1. The number of morpholine rings is 1. The van der Waals surface area contributed by atoms with Gasteiger partial charge in [-0.05, 0) is 49.7 Å². The molecule has 0 aromatic heterocycles. The molecule has 1 aliphatic heterocycles. The van der Waals surface area contributed by atoms with Gasteiger partial charge in [0, 0.05) is 18.7 Å². The molecule has 1 heterocycles. The number of ether oxygens (including phenoxy) is 3. The van der Waals surface area contributed by atoms with Crippen LogP contribution in [0.3, 0.4) is 0 Å². The van der Waals surface area contributed by atoms with E-state index >= 15 is 0 Å². The van der Waals surface area contributed by atoms with Gasteiger partial charge in [-0.25, -0.2) is 0 Å². The summed E-state index contributed by atoms with van der Waals surface area (Å²) in [5.74, 6) is 0.381. The Morgan fingerprint density at radius 3 is 2.47 bits per heavy atom. The topological polar surface area (TPSA) is 60.0 Å². The van der Waals surface area contributed by atoms with Crippen molar-refractivity contribution in [2.75, 3.05) is 49.7 Å². The van der Waals surface area contributed by atoms with Crippen LogP contribution in [-0.2, 0) is 10.9 Å². The standard InChI is InChI=1S/C23H27F3N2O4/c1-3-11-32-20-8-5-16(14-21(20)31-4-2)22(29)27-18-15-17(23(24,25)26)6-7-19(18)28-9-12-30-13-10-28/h5-8,14-15H,3-4,9-13H2,1-2H3,(H,27,29). The maximum absolute atomic E-state index is 13.3. The number of rotatable bonds is 8. The first-order valence-corrected chi connectivity index (χ1v) is 10.6. The Bertz CT molecular complexity index is 928. The van der Waals surface area contributed by atoms with Crippen LogP contribution in [0.25, 0.3) is 0 Å². The highest BCUT2D eigenvalue weighted by Gasteiger charge is 2.32. The van der Waals surface area contributed by atoms with E-state index in [-0.39, 0.29) is 11.3 Å². The van der Waals surface area contributed by atoms with Crippen molar-refractivity contribution < 1.29 is 32.2 Å². The molecule has 6 nitrogen and oxygen atoms in total. The number of hydrogen-bond acceptors (Lipinski definition) is 5. The molecule has 174 valence electrons. The fraction of sp³-hybridized carbons (Fsp3) is 0.435. The van der Waals surface area contributed by atoms with Crippen molar-refractivity contribution in [1.82, 2.24) is 0 Å². The summed E-state index contributed by atoms with van der Waals surface area (Å²) in [6.45, 7) is 6.63. The van der Waals surface area contributed by atoms with Crippen molar-refractivity contribution in [1.29, 1.82) is 0 Å². The average molecular weight is 452 g/mol. The molecule has 2 aromatic carbocycles. The second-order valence-electron chi connectivity index (χ2n) is 7.23. The van der Waals surface area contributed by atoms with E-state index in [1.807, 2.05) is 18.7 Å². The summed E-state index contributed by atoms with van der Waals surface area (Å²) in [5.41, 5.74) is 0.0318. The third-order valence-electron chi connectivity index (χ3n) is 4.89. The lowest BCUT2D eigenvalue weighted by atomic mass is 10.1. The van der Waals surface area contributed by atoms with E-state index in [1.54, 1.807) is 12.1 Å². The molecule has 0 unspecified atom stereocenters. The van der Waals surface area contributed by atoms with Gasteiger partial charge in [0.1, 0.15) is 0 Å². The van der Waals surface area contributed by atoms with Gasteiger partial charge in [-0.1, -0.05) is 6.92 Å². The second kappa shape index (κ2) is 10.6. The predicted molar refractivity (Wildman–Crippen MR) is 116 cm³/mol. The molecule has 1 saturated heterocycles. The van der Waals surface area contributed by atoms with Gasteiger partial charge in [0.05, 0.1) is 43.4 Å². The first kappa shape index (κ1) is 23.7. The van der Waals surface area contributed by atoms with Gasteiger partial charge in [-0.3, -0.25) is 4.79 Å². The molecular formula is C23H27F3N2O4. The molecule has 1 fully saturated rings. The zero-order valence-corrected chi connectivity index (χ0v) is 18.1. The van der Waals surface area contributed by atoms with E-state index < -0.39 is 17.6 Å². The Hall–Kier alpha value is -2.94. The smallest absolute Gasteiger partial charge is 0.416 e. The van der Waals surface area contributed by atoms with Gasteiger partial charge in [-0.15, -0.1) is 0 Å². The van der Waals surface area contributed by atoms with Crippen LogP contribution in [0.15, 0.2) is 36.4 Å². The summed E-state index contributed by atoms with van der Waals surface area (Å²) in [4.78, 5) is 14.9. The van der Waals surface area contributed by atoms with E-state index in [0.29, 0.717) is 56.7 Å². The van der Waals surface area contributed by atoms with Gasteiger partial charge >= 0.3 is 6.18 Å². The molecule has 0 spiro atoms. The van der Waals surface area contributed by atoms with Gasteiger partial charge in [-0.2, -0.15) is 13.2 Å². The molecule has 0 aliphatic carbocycles. The van der Waals surface area contributed by atoms with Crippen LogP contribution in [-0.4, -0.2) is 45.4 Å². The molecule has 0 saturated carbocycles. The highest BCUT2D eigenvalue weighted by atomic mass is 19.4. The van der Waals surface area contributed by atoms with Crippen molar-refractivity contribution in [3.63, 3.8) is 0 Å². The SMILES string of the molecule is CCCOc1ccc(C(=O)Nc2cc(C(F)(F)F)ccc2N2CCOCC2)cc1OCC. The minimum atomic E-state index is -4.52. The van der Waals surface area contributed by atoms with Crippen LogP contribution >= 0.6 is 0 Å². The van der Waals surface area contributed by atoms with Gasteiger partial charge < -0.3 is 24.4 Å². The molecule has 1 aliphatic rings. The summed E-state index contributed by atoms with van der Waals surface area (Å²) in [7, 11) is 0. The summed E-state index contributed by atoms with van der Waals surface area (Å²) in [6.07, 6.45) is -3.71. The summed E-state index contributed by atoms with van der Waals surface area (Å²) < 4.78 is 56.5. The molecule has 1 amide bonds. The molecule has 0 atom stereocenters. The van der Waals surface area contributed by atoms with Crippen molar-refractivity contribution in [3.8, 4) is 11.5 Å².